The summed E-state index contributed by atoms with van der Waals surface area (Å²) in [6.45, 7) is 3.90. The SMILES string of the molecule is CCOP(=O)(CC[C@H]1O[C@@H](n2ccc(=O)[nH]c2=O)[C@@H](OC)C1O)OCC. The molecule has 1 fully saturated rings. The van der Waals surface area contributed by atoms with Gasteiger partial charge < -0.3 is 23.6 Å². The number of aliphatic hydroxyl groups excluding tert-OH is 1. The average molecular weight is 392 g/mol. The quantitative estimate of drug-likeness (QED) is 0.580. The normalized spacial score (nSPS) is 26.3. The van der Waals surface area contributed by atoms with Crippen LogP contribution in [0.5, 0.6) is 0 Å². The van der Waals surface area contributed by atoms with Crippen molar-refractivity contribution in [3.8, 4) is 0 Å². The van der Waals surface area contributed by atoms with Gasteiger partial charge in [-0.3, -0.25) is 18.9 Å². The highest BCUT2D eigenvalue weighted by Gasteiger charge is 2.46. The van der Waals surface area contributed by atoms with Crippen LogP contribution in [0, 0.1) is 0 Å². The average Bonchev–Trinajstić information content (AvgIpc) is 2.89. The molecule has 2 N–H and O–H groups in total. The molecule has 1 unspecified atom stereocenters. The molecule has 0 aliphatic carbocycles. The monoisotopic (exact) mass is 392 g/mol. The van der Waals surface area contributed by atoms with Crippen LogP contribution >= 0.6 is 7.60 Å². The first kappa shape index (κ1) is 21.0. The van der Waals surface area contributed by atoms with E-state index < -0.39 is 43.4 Å². The molecule has 0 bridgehead atoms. The van der Waals surface area contributed by atoms with E-state index in [1.807, 2.05) is 0 Å². The molecule has 2 heterocycles. The number of rotatable bonds is 9. The van der Waals surface area contributed by atoms with Gasteiger partial charge in [0, 0.05) is 19.4 Å². The minimum absolute atomic E-state index is 0.0556. The van der Waals surface area contributed by atoms with Crippen molar-refractivity contribution < 1.29 is 28.2 Å². The van der Waals surface area contributed by atoms with E-state index in [1.54, 1.807) is 13.8 Å². The number of aromatic nitrogens is 2. The Hall–Kier alpha value is -1.29. The number of aromatic amines is 1. The Morgan fingerprint density at radius 1 is 1.31 bits per heavy atom. The molecule has 0 amide bonds. The van der Waals surface area contributed by atoms with Crippen molar-refractivity contribution in [2.45, 2.75) is 44.8 Å². The Bertz CT molecular complexity index is 738. The maximum Gasteiger partial charge on any atom is 0.330 e. The number of ether oxygens (including phenoxy) is 2. The molecule has 11 heteroatoms. The highest BCUT2D eigenvalue weighted by Crippen LogP contribution is 2.49. The maximum atomic E-state index is 12.6. The molecule has 10 nitrogen and oxygen atoms in total. The summed E-state index contributed by atoms with van der Waals surface area (Å²) in [5, 5.41) is 10.5. The van der Waals surface area contributed by atoms with Gasteiger partial charge in [-0.2, -0.15) is 0 Å². The molecule has 148 valence electrons. The first-order valence-corrected chi connectivity index (χ1v) is 10.1. The van der Waals surface area contributed by atoms with Gasteiger partial charge in [0.1, 0.15) is 12.2 Å². The van der Waals surface area contributed by atoms with E-state index in [0.29, 0.717) is 0 Å². The molecule has 0 radical (unpaired) electrons. The van der Waals surface area contributed by atoms with Crippen molar-refractivity contribution in [3.05, 3.63) is 33.1 Å². The van der Waals surface area contributed by atoms with Crippen LogP contribution in [-0.2, 0) is 23.1 Å². The van der Waals surface area contributed by atoms with Crippen LogP contribution in [0.1, 0.15) is 26.5 Å². The molecule has 4 atom stereocenters. The number of aliphatic hydroxyl groups is 1. The van der Waals surface area contributed by atoms with E-state index >= 15 is 0 Å². The first-order chi connectivity index (χ1) is 12.3. The lowest BCUT2D eigenvalue weighted by molar-refractivity contribution is -0.0543. The molecule has 0 aromatic carbocycles. The molecule has 1 aliphatic rings. The van der Waals surface area contributed by atoms with Gasteiger partial charge in [-0.15, -0.1) is 0 Å². The summed E-state index contributed by atoms with van der Waals surface area (Å²) in [5.41, 5.74) is -1.21. The maximum absolute atomic E-state index is 12.6. The van der Waals surface area contributed by atoms with Crippen LogP contribution in [0.4, 0.5) is 0 Å². The summed E-state index contributed by atoms with van der Waals surface area (Å²) in [6, 6.07) is 1.18. The van der Waals surface area contributed by atoms with Crippen LogP contribution in [-0.4, -0.2) is 59.5 Å². The van der Waals surface area contributed by atoms with Gasteiger partial charge in [0.05, 0.1) is 25.5 Å². The smallest absolute Gasteiger partial charge is 0.330 e. The van der Waals surface area contributed by atoms with E-state index in [1.165, 1.54) is 19.4 Å². The van der Waals surface area contributed by atoms with Crippen molar-refractivity contribution in [2.75, 3.05) is 26.5 Å². The van der Waals surface area contributed by atoms with Gasteiger partial charge >= 0.3 is 13.3 Å². The van der Waals surface area contributed by atoms with E-state index in [0.717, 1.165) is 4.57 Å². The van der Waals surface area contributed by atoms with Crippen molar-refractivity contribution >= 4 is 7.60 Å². The highest BCUT2D eigenvalue weighted by atomic mass is 31.2. The topological polar surface area (TPSA) is 129 Å². The molecular weight excluding hydrogens is 367 g/mol. The summed E-state index contributed by atoms with van der Waals surface area (Å²) < 4.78 is 35.2. The summed E-state index contributed by atoms with van der Waals surface area (Å²) in [7, 11) is -1.90. The van der Waals surface area contributed by atoms with Crippen molar-refractivity contribution in [2.24, 2.45) is 0 Å². The van der Waals surface area contributed by atoms with E-state index in [-0.39, 0.29) is 25.8 Å². The Labute approximate surface area is 150 Å². The molecular formula is C15H25N2O8P. The zero-order valence-electron chi connectivity index (χ0n) is 15.0. The zero-order chi connectivity index (χ0) is 19.3. The number of hydrogen-bond acceptors (Lipinski definition) is 8. The Morgan fingerprint density at radius 2 is 1.96 bits per heavy atom. The van der Waals surface area contributed by atoms with Gasteiger partial charge in [0.25, 0.3) is 5.56 Å². The zero-order valence-corrected chi connectivity index (χ0v) is 15.9. The van der Waals surface area contributed by atoms with Crippen molar-refractivity contribution in [1.82, 2.24) is 9.55 Å². The van der Waals surface area contributed by atoms with Crippen LogP contribution in [0.3, 0.4) is 0 Å². The number of H-pyrrole nitrogens is 1. The van der Waals surface area contributed by atoms with Gasteiger partial charge in [-0.05, 0) is 20.3 Å². The second-order valence-corrected chi connectivity index (χ2v) is 7.92. The second kappa shape index (κ2) is 9.07. The van der Waals surface area contributed by atoms with E-state index in [2.05, 4.69) is 4.98 Å². The summed E-state index contributed by atoms with van der Waals surface area (Å²) in [6.07, 6.45) is -2.03. The predicted molar refractivity (Wildman–Crippen MR) is 92.4 cm³/mol. The fourth-order valence-electron chi connectivity index (χ4n) is 2.91. The third kappa shape index (κ3) is 4.70. The van der Waals surface area contributed by atoms with Crippen LogP contribution in [0.15, 0.2) is 21.9 Å². The Morgan fingerprint density at radius 3 is 2.50 bits per heavy atom. The third-order valence-electron chi connectivity index (χ3n) is 4.05. The lowest BCUT2D eigenvalue weighted by Crippen LogP contribution is -2.38. The molecule has 0 saturated carbocycles. The Kier molecular flexibility index (Phi) is 7.33. The number of nitrogens with zero attached hydrogens (tertiary/aromatic N) is 1. The molecule has 1 aliphatic heterocycles. The number of hydrogen-bond donors (Lipinski definition) is 2. The standard InChI is InChI=1S/C15H25N2O8P/c1-4-23-26(21,24-5-2)9-7-10-12(19)13(22-3)14(25-10)17-8-6-11(18)16-15(17)20/h6,8,10,12-14,19H,4-5,7,9H2,1-3H3,(H,16,18,20)/t10-,12?,13+,14-/m1/s1. The summed E-state index contributed by atoms with van der Waals surface area (Å²) in [5.74, 6) is 0. The molecule has 2 rings (SSSR count). The fraction of sp³-hybridized carbons (Fsp3) is 0.733. The van der Waals surface area contributed by atoms with Crippen LogP contribution < -0.4 is 11.2 Å². The van der Waals surface area contributed by atoms with E-state index in [9.17, 15) is 19.3 Å². The minimum atomic E-state index is -3.28. The number of methoxy groups -OCH3 is 1. The van der Waals surface area contributed by atoms with Gasteiger partial charge in [-0.25, -0.2) is 4.79 Å². The van der Waals surface area contributed by atoms with Crippen molar-refractivity contribution in [1.29, 1.82) is 0 Å². The summed E-state index contributed by atoms with van der Waals surface area (Å²) in [4.78, 5) is 25.3. The second-order valence-electron chi connectivity index (χ2n) is 5.73. The highest BCUT2D eigenvalue weighted by molar-refractivity contribution is 7.53. The van der Waals surface area contributed by atoms with Crippen LogP contribution in [0.25, 0.3) is 0 Å². The summed E-state index contributed by atoms with van der Waals surface area (Å²) >= 11 is 0. The minimum Gasteiger partial charge on any atom is -0.388 e. The molecule has 1 aromatic rings. The van der Waals surface area contributed by atoms with Crippen molar-refractivity contribution in [3.63, 3.8) is 0 Å². The first-order valence-electron chi connectivity index (χ1n) is 8.41. The van der Waals surface area contributed by atoms with Crippen LogP contribution in [0.2, 0.25) is 0 Å². The lowest BCUT2D eigenvalue weighted by Gasteiger charge is -2.20. The largest absolute Gasteiger partial charge is 0.388 e. The fourth-order valence-corrected chi connectivity index (χ4v) is 4.60. The van der Waals surface area contributed by atoms with Gasteiger partial charge in [0.2, 0.25) is 0 Å². The molecule has 0 spiro atoms. The molecule has 26 heavy (non-hydrogen) atoms. The Balaban J connectivity index is 2.15. The molecule has 1 saturated heterocycles. The number of nitrogens with one attached hydrogen (secondary N) is 1. The van der Waals surface area contributed by atoms with E-state index in [4.69, 9.17) is 18.5 Å². The lowest BCUT2D eigenvalue weighted by atomic mass is 10.1. The van der Waals surface area contributed by atoms with Gasteiger partial charge in [-0.1, -0.05) is 0 Å². The third-order valence-corrected chi connectivity index (χ3v) is 6.16. The predicted octanol–water partition coefficient (Wildman–Crippen LogP) is 0.466. The van der Waals surface area contributed by atoms with Gasteiger partial charge in [0.15, 0.2) is 6.23 Å². The molecule has 1 aromatic heterocycles.